The van der Waals surface area contributed by atoms with E-state index in [1.54, 1.807) is 4.90 Å². The highest BCUT2D eigenvalue weighted by atomic mass is 16.3. The van der Waals surface area contributed by atoms with Gasteiger partial charge in [0.2, 0.25) is 0 Å². The predicted molar refractivity (Wildman–Crippen MR) is 137 cm³/mol. The molecule has 3 rings (SSSR count). The number of nitrogens with one attached hydrogen (secondary N) is 1. The van der Waals surface area contributed by atoms with Crippen LogP contribution in [0.3, 0.4) is 0 Å². The van der Waals surface area contributed by atoms with E-state index in [0.717, 1.165) is 43.4 Å². The Bertz CT molecular complexity index is 943. The van der Waals surface area contributed by atoms with E-state index in [4.69, 9.17) is 0 Å². The molecule has 0 bridgehead atoms. The number of amides is 1. The average molecular weight is 463 g/mol. The maximum absolute atomic E-state index is 12.8. The zero-order valence-electron chi connectivity index (χ0n) is 20.6. The van der Waals surface area contributed by atoms with Crippen LogP contribution in [0.4, 0.5) is 0 Å². The van der Waals surface area contributed by atoms with Crippen molar-refractivity contribution in [2.75, 3.05) is 20.1 Å². The Balaban J connectivity index is 1.48. The molecule has 4 unspecified atom stereocenters. The third kappa shape index (κ3) is 7.34. The van der Waals surface area contributed by atoms with Crippen molar-refractivity contribution in [2.24, 2.45) is 10.2 Å². The quantitative estimate of drug-likeness (QED) is 0.438. The molecule has 6 heteroatoms. The van der Waals surface area contributed by atoms with Gasteiger partial charge in [0.05, 0.1) is 24.2 Å². The number of rotatable bonds is 12. The summed E-state index contributed by atoms with van der Waals surface area (Å²) in [6.45, 7) is 5.44. The first kappa shape index (κ1) is 25.8. The first-order chi connectivity index (χ1) is 16.5. The highest BCUT2D eigenvalue weighted by Gasteiger charge is 2.24. The molecule has 4 atom stereocenters. The minimum absolute atomic E-state index is 0.0120. The number of likely N-dealkylation sites (N-methyl/N-ethyl adjacent to an activating group) is 1. The van der Waals surface area contributed by atoms with Gasteiger partial charge < -0.3 is 15.3 Å². The lowest BCUT2D eigenvalue weighted by atomic mass is 10.0. The summed E-state index contributed by atoms with van der Waals surface area (Å²) in [6, 6.07) is 17.8. The number of hydrogen-bond donors (Lipinski definition) is 2. The van der Waals surface area contributed by atoms with Crippen molar-refractivity contribution in [1.82, 2.24) is 10.2 Å². The Morgan fingerprint density at radius 2 is 1.85 bits per heavy atom. The van der Waals surface area contributed by atoms with Gasteiger partial charge in [0, 0.05) is 19.2 Å². The van der Waals surface area contributed by atoms with Crippen molar-refractivity contribution in [3.8, 4) is 0 Å². The predicted octanol–water partition coefficient (Wildman–Crippen LogP) is 4.96. The topological polar surface area (TPSA) is 77.3 Å². The summed E-state index contributed by atoms with van der Waals surface area (Å²) in [4.78, 5) is 14.6. The molecule has 0 aliphatic carbocycles. The van der Waals surface area contributed by atoms with Crippen LogP contribution in [0.15, 0.2) is 77.0 Å². The molecule has 34 heavy (non-hydrogen) atoms. The van der Waals surface area contributed by atoms with Crippen LogP contribution in [0, 0.1) is 0 Å². The molecule has 0 saturated heterocycles. The molecule has 0 fully saturated rings. The second kappa shape index (κ2) is 13.2. The van der Waals surface area contributed by atoms with E-state index in [0.29, 0.717) is 18.2 Å². The van der Waals surface area contributed by atoms with Gasteiger partial charge in [0.25, 0.3) is 5.91 Å². The first-order valence-corrected chi connectivity index (χ1v) is 12.3. The number of benzene rings is 2. The van der Waals surface area contributed by atoms with Crippen LogP contribution in [-0.2, 0) is 6.42 Å². The molecule has 2 aromatic rings. The molecule has 6 nitrogen and oxygen atoms in total. The summed E-state index contributed by atoms with van der Waals surface area (Å²) < 4.78 is 0. The van der Waals surface area contributed by atoms with E-state index in [2.05, 4.69) is 22.5 Å². The smallest absolute Gasteiger partial charge is 0.253 e. The van der Waals surface area contributed by atoms with Crippen LogP contribution in [0.5, 0.6) is 0 Å². The summed E-state index contributed by atoms with van der Waals surface area (Å²) >= 11 is 0. The van der Waals surface area contributed by atoms with Gasteiger partial charge in [0.1, 0.15) is 0 Å². The van der Waals surface area contributed by atoms with Crippen LogP contribution >= 0.6 is 0 Å². The van der Waals surface area contributed by atoms with Gasteiger partial charge in [-0.1, -0.05) is 68.0 Å². The maximum atomic E-state index is 12.8. The van der Waals surface area contributed by atoms with E-state index >= 15 is 0 Å². The van der Waals surface area contributed by atoms with E-state index in [9.17, 15) is 9.90 Å². The standard InChI is InChI=1S/C28H38N4O2/c1-4-9-24-19-25(31-30-24)20-32(3)28(34)23-15-13-21(14-16-23)17-18-29-26(10-5-2)27(33)22-11-7-6-8-12-22/h5-8,10-16,24-27,29,33H,4,9,17-20H2,1-3H3. The van der Waals surface area contributed by atoms with Crippen molar-refractivity contribution < 1.29 is 9.90 Å². The molecular formula is C28H38N4O2. The molecule has 0 radical (unpaired) electrons. The van der Waals surface area contributed by atoms with Gasteiger partial charge in [0.15, 0.2) is 0 Å². The lowest BCUT2D eigenvalue weighted by Crippen LogP contribution is -2.34. The molecule has 182 valence electrons. The zero-order chi connectivity index (χ0) is 24.3. The lowest BCUT2D eigenvalue weighted by molar-refractivity contribution is 0.0786. The van der Waals surface area contributed by atoms with Crippen molar-refractivity contribution in [3.05, 3.63) is 83.4 Å². The summed E-state index contributed by atoms with van der Waals surface area (Å²) in [5.41, 5.74) is 2.72. The summed E-state index contributed by atoms with van der Waals surface area (Å²) in [6.07, 6.45) is 7.25. The van der Waals surface area contributed by atoms with Gasteiger partial charge in [-0.2, -0.15) is 10.2 Å². The first-order valence-electron chi connectivity index (χ1n) is 12.3. The van der Waals surface area contributed by atoms with Crippen LogP contribution in [0.1, 0.15) is 60.7 Å². The van der Waals surface area contributed by atoms with Crippen LogP contribution in [0.25, 0.3) is 0 Å². The van der Waals surface area contributed by atoms with E-state index in [-0.39, 0.29) is 18.0 Å². The molecule has 1 aliphatic rings. The van der Waals surface area contributed by atoms with Crippen LogP contribution in [0.2, 0.25) is 0 Å². The zero-order valence-corrected chi connectivity index (χ0v) is 20.6. The number of aliphatic hydroxyl groups excluding tert-OH is 1. The molecule has 0 spiro atoms. The minimum atomic E-state index is -0.607. The third-order valence-electron chi connectivity index (χ3n) is 6.27. The monoisotopic (exact) mass is 462 g/mol. The third-order valence-corrected chi connectivity index (χ3v) is 6.27. The number of allylic oxidation sites excluding steroid dienone is 1. The fourth-order valence-corrected chi connectivity index (χ4v) is 4.38. The fourth-order valence-electron chi connectivity index (χ4n) is 4.38. The second-order valence-electron chi connectivity index (χ2n) is 9.06. The number of hydrogen-bond acceptors (Lipinski definition) is 5. The number of carbonyl (C=O) groups is 1. The Hall–Kier alpha value is -2.83. The summed E-state index contributed by atoms with van der Waals surface area (Å²) in [7, 11) is 1.84. The van der Waals surface area contributed by atoms with E-state index < -0.39 is 6.10 Å². The largest absolute Gasteiger partial charge is 0.386 e. The van der Waals surface area contributed by atoms with Crippen molar-refractivity contribution in [2.45, 2.75) is 63.8 Å². The summed E-state index contributed by atoms with van der Waals surface area (Å²) in [5, 5.41) is 22.9. The Labute approximate surface area is 203 Å². The van der Waals surface area contributed by atoms with Gasteiger partial charge in [-0.3, -0.25) is 4.79 Å². The van der Waals surface area contributed by atoms with Crippen LogP contribution < -0.4 is 5.32 Å². The highest BCUT2D eigenvalue weighted by Crippen LogP contribution is 2.21. The molecule has 2 aromatic carbocycles. The van der Waals surface area contributed by atoms with Gasteiger partial charge in [-0.05, 0) is 56.0 Å². The van der Waals surface area contributed by atoms with Gasteiger partial charge >= 0.3 is 0 Å². The van der Waals surface area contributed by atoms with Crippen molar-refractivity contribution >= 4 is 5.91 Å². The highest BCUT2D eigenvalue weighted by molar-refractivity contribution is 5.94. The molecular weight excluding hydrogens is 424 g/mol. The van der Waals surface area contributed by atoms with E-state index in [1.165, 1.54) is 0 Å². The number of azo groups is 1. The minimum Gasteiger partial charge on any atom is -0.386 e. The normalized spacial score (nSPS) is 19.4. The Morgan fingerprint density at radius 1 is 1.15 bits per heavy atom. The molecule has 1 amide bonds. The Morgan fingerprint density at radius 3 is 2.53 bits per heavy atom. The van der Waals surface area contributed by atoms with E-state index in [1.807, 2.05) is 80.7 Å². The SMILES string of the molecule is CC=CC(NCCc1ccc(C(=O)N(C)CC2CC(CCC)N=N2)cc1)C(O)c1ccccc1. The molecule has 1 aliphatic heterocycles. The molecule has 0 aromatic heterocycles. The number of nitrogens with zero attached hydrogens (tertiary/aromatic N) is 3. The van der Waals surface area contributed by atoms with Crippen molar-refractivity contribution in [3.63, 3.8) is 0 Å². The molecule has 1 heterocycles. The molecule has 0 saturated carbocycles. The average Bonchev–Trinajstić information content (AvgIpc) is 3.30. The van der Waals surface area contributed by atoms with Crippen LogP contribution in [-0.4, -0.2) is 54.2 Å². The maximum Gasteiger partial charge on any atom is 0.253 e. The second-order valence-corrected chi connectivity index (χ2v) is 9.06. The van der Waals surface area contributed by atoms with Gasteiger partial charge in [-0.15, -0.1) is 0 Å². The van der Waals surface area contributed by atoms with Crippen molar-refractivity contribution in [1.29, 1.82) is 0 Å². The summed E-state index contributed by atoms with van der Waals surface area (Å²) in [5.74, 6) is 0.0120. The van der Waals surface area contributed by atoms with Gasteiger partial charge in [-0.25, -0.2) is 0 Å². The fraction of sp³-hybridized carbons (Fsp3) is 0.464. The number of aliphatic hydroxyl groups is 1. The Kier molecular flexibility index (Phi) is 9.98. The lowest BCUT2D eigenvalue weighted by Gasteiger charge is -2.22. The number of carbonyl (C=O) groups excluding carboxylic acids is 1. The molecule has 2 N–H and O–H groups in total.